The summed E-state index contributed by atoms with van der Waals surface area (Å²) >= 11 is 1.31. The molecule has 0 saturated carbocycles. The predicted octanol–water partition coefficient (Wildman–Crippen LogP) is 6.27. The Morgan fingerprint density at radius 1 is 0.852 bits per heavy atom. The number of nitrogens with zero attached hydrogens (tertiary/aromatic N) is 1. The second kappa shape index (κ2) is 10.6. The minimum atomic E-state index is -3.70. The van der Waals surface area contributed by atoms with E-state index in [1.54, 1.807) is 67.0 Å². The summed E-state index contributed by atoms with van der Waals surface area (Å²) in [6.45, 7) is 14.3. The van der Waals surface area contributed by atoms with Crippen molar-refractivity contribution in [3.8, 4) is 0 Å². The van der Waals surface area contributed by atoms with Crippen LogP contribution < -0.4 is 0 Å². The van der Waals surface area contributed by atoms with E-state index in [2.05, 4.69) is 4.98 Å². The smallest absolute Gasteiger partial charge is 0.306 e. The quantitative estimate of drug-likeness (QED) is 0.353. The maximum atomic E-state index is 13.8. The molecule has 1 heterocycles. The third-order valence-electron chi connectivity index (χ3n) is 2.97. The van der Waals surface area contributed by atoms with E-state index in [0.717, 1.165) is 0 Å². The molecule has 0 aliphatic rings. The van der Waals surface area contributed by atoms with Crippen LogP contribution in [-0.2, 0) is 27.2 Å². The first-order valence-corrected chi connectivity index (χ1v) is 13.4. The first-order valence-electron chi connectivity index (χ1n) is 9.18. The lowest BCUT2D eigenvalue weighted by Gasteiger charge is -2.31. The second-order valence-corrected chi connectivity index (χ2v) is 12.4. The molecule has 0 amide bonds. The van der Waals surface area contributed by atoms with Crippen LogP contribution in [0.15, 0.2) is 11.6 Å². The summed E-state index contributed by atoms with van der Waals surface area (Å²) in [5, 5.41) is 2.30. The molecular weight excluding hydrogens is 408 g/mol. The lowest BCUT2D eigenvalue weighted by atomic mass is 10.5. The van der Waals surface area contributed by atoms with Gasteiger partial charge in [0.1, 0.15) is 10.7 Å². The van der Waals surface area contributed by atoms with Gasteiger partial charge in [-0.1, -0.05) is 0 Å². The topological polar surface area (TPSA) is 84.0 Å². The molecule has 1 unspecified atom stereocenters. The van der Waals surface area contributed by atoms with Gasteiger partial charge >= 0.3 is 15.2 Å². The number of aromatic nitrogens is 1. The van der Waals surface area contributed by atoms with Crippen molar-refractivity contribution in [2.45, 2.75) is 85.5 Å². The number of hydrogen-bond acceptors (Lipinski definition) is 8. The summed E-state index contributed by atoms with van der Waals surface area (Å²) in [5.41, 5.74) is -0.842. The van der Waals surface area contributed by atoms with E-state index in [1.807, 2.05) is 0 Å². The maximum Gasteiger partial charge on any atom is 0.341 e. The fourth-order valence-electron chi connectivity index (χ4n) is 2.44. The molecule has 27 heavy (non-hydrogen) atoms. The van der Waals surface area contributed by atoms with Gasteiger partial charge in [-0.15, -0.1) is 11.3 Å². The second-order valence-electron chi connectivity index (χ2n) is 7.34. The third kappa shape index (κ3) is 8.45. The van der Waals surface area contributed by atoms with Crippen LogP contribution in [0.3, 0.4) is 0 Å². The molecule has 7 nitrogen and oxygen atoms in total. The Bertz CT molecular complexity index is 620. The average Bonchev–Trinajstić information content (AvgIpc) is 2.94. The largest absolute Gasteiger partial charge is 0.341 e. The molecule has 0 fully saturated rings. The van der Waals surface area contributed by atoms with E-state index >= 15 is 0 Å². The van der Waals surface area contributed by atoms with Crippen molar-refractivity contribution in [3.63, 3.8) is 0 Å². The van der Waals surface area contributed by atoms with Gasteiger partial charge in [0.25, 0.3) is 0 Å². The highest BCUT2D eigenvalue weighted by Crippen LogP contribution is 2.68. The highest BCUT2D eigenvalue weighted by atomic mass is 32.1. The van der Waals surface area contributed by atoms with Crippen LogP contribution in [0.4, 0.5) is 0 Å². The van der Waals surface area contributed by atoms with Crippen LogP contribution in [0.2, 0.25) is 0 Å². The molecule has 1 rings (SSSR count). The van der Waals surface area contributed by atoms with Gasteiger partial charge in [-0.2, -0.15) is 0 Å². The molecule has 0 aliphatic carbocycles. The van der Waals surface area contributed by atoms with Crippen LogP contribution in [0.25, 0.3) is 0 Å². The van der Waals surface area contributed by atoms with Crippen LogP contribution in [0.1, 0.15) is 66.1 Å². The lowest BCUT2D eigenvalue weighted by Crippen LogP contribution is -2.19. The summed E-state index contributed by atoms with van der Waals surface area (Å²) in [5.74, 6) is 0. The molecule has 158 valence electrons. The first-order chi connectivity index (χ1) is 12.4. The predicted molar refractivity (Wildman–Crippen MR) is 110 cm³/mol. The number of hydrogen-bond donors (Lipinski definition) is 0. The zero-order chi connectivity index (χ0) is 20.8. The molecule has 0 saturated heterocycles. The van der Waals surface area contributed by atoms with Crippen molar-refractivity contribution < 1.29 is 27.2 Å². The molecule has 0 spiro atoms. The van der Waals surface area contributed by atoms with Gasteiger partial charge in [-0.05, 0) is 55.4 Å². The van der Waals surface area contributed by atoms with E-state index in [1.165, 1.54) is 11.3 Å². The highest BCUT2D eigenvalue weighted by molar-refractivity contribution is 7.58. The van der Waals surface area contributed by atoms with E-state index in [9.17, 15) is 9.13 Å². The number of thiazole rings is 1. The van der Waals surface area contributed by atoms with Crippen LogP contribution in [-0.4, -0.2) is 35.6 Å². The van der Waals surface area contributed by atoms with Gasteiger partial charge in [0, 0.05) is 11.6 Å². The fraction of sp³-hybridized carbons (Fsp3) is 0.824. The van der Waals surface area contributed by atoms with E-state index < -0.39 is 20.9 Å². The standard InChI is InChI=1S/C17H33NO6P2S/c1-12(2)21-25(19,22-13(3)4)11-16(17-18-9-10-27-17)26(20,23-14(5)6)24-15(7)8/h9-10,12-16H,11H2,1-8H3. The van der Waals surface area contributed by atoms with Gasteiger partial charge in [-0.25, -0.2) is 4.98 Å². The zero-order valence-electron chi connectivity index (χ0n) is 17.4. The molecule has 0 aliphatic heterocycles. The molecule has 0 bridgehead atoms. The van der Waals surface area contributed by atoms with E-state index in [0.29, 0.717) is 5.01 Å². The Kier molecular flexibility index (Phi) is 9.83. The normalized spacial score (nSPS) is 14.7. The first kappa shape index (κ1) is 25.0. The summed E-state index contributed by atoms with van der Waals surface area (Å²) < 4.78 is 50.1. The fourth-order valence-corrected chi connectivity index (χ4v) is 9.11. The molecule has 1 aromatic rings. The van der Waals surface area contributed by atoms with E-state index in [-0.39, 0.29) is 30.6 Å². The molecular formula is C17H33NO6P2S. The summed E-state index contributed by atoms with van der Waals surface area (Å²) in [6, 6.07) is 0. The molecule has 1 atom stereocenters. The van der Waals surface area contributed by atoms with Crippen molar-refractivity contribution in [1.29, 1.82) is 0 Å². The van der Waals surface area contributed by atoms with Gasteiger partial charge < -0.3 is 18.1 Å². The third-order valence-corrected chi connectivity index (χ3v) is 9.24. The van der Waals surface area contributed by atoms with E-state index in [4.69, 9.17) is 18.1 Å². The molecule has 0 N–H and O–H groups in total. The minimum Gasteiger partial charge on any atom is -0.306 e. The summed E-state index contributed by atoms with van der Waals surface area (Å²) in [6.07, 6.45) is 0.167. The Hall–Kier alpha value is -0.0700. The van der Waals surface area contributed by atoms with Crippen LogP contribution in [0, 0.1) is 0 Å². The summed E-state index contributed by atoms with van der Waals surface area (Å²) in [7, 11) is -7.28. The maximum absolute atomic E-state index is 13.8. The summed E-state index contributed by atoms with van der Waals surface area (Å²) in [4.78, 5) is 4.29. The molecule has 1 aromatic heterocycles. The highest BCUT2D eigenvalue weighted by Gasteiger charge is 2.46. The SMILES string of the molecule is CC(C)OP(=O)(CC(c1nccs1)P(=O)(OC(C)C)OC(C)C)OC(C)C. The Balaban J connectivity index is 3.37. The Labute approximate surface area is 167 Å². The van der Waals surface area contributed by atoms with Crippen molar-refractivity contribution in [2.24, 2.45) is 0 Å². The average molecular weight is 441 g/mol. The van der Waals surface area contributed by atoms with Crippen molar-refractivity contribution in [1.82, 2.24) is 4.98 Å². The van der Waals surface area contributed by atoms with Crippen molar-refractivity contribution in [3.05, 3.63) is 16.6 Å². The Morgan fingerprint density at radius 2 is 1.30 bits per heavy atom. The molecule has 10 heteroatoms. The molecule has 0 aromatic carbocycles. The van der Waals surface area contributed by atoms with Crippen LogP contribution >= 0.6 is 26.5 Å². The monoisotopic (exact) mass is 441 g/mol. The van der Waals surface area contributed by atoms with Gasteiger partial charge in [-0.3, -0.25) is 9.13 Å². The lowest BCUT2D eigenvalue weighted by molar-refractivity contribution is 0.129. The zero-order valence-corrected chi connectivity index (χ0v) is 20.1. The van der Waals surface area contributed by atoms with Gasteiger partial charge in [0.15, 0.2) is 0 Å². The van der Waals surface area contributed by atoms with Gasteiger partial charge in [0.05, 0.1) is 30.6 Å². The Morgan fingerprint density at radius 3 is 1.63 bits per heavy atom. The number of rotatable bonds is 12. The van der Waals surface area contributed by atoms with Crippen molar-refractivity contribution >= 4 is 26.5 Å². The minimum absolute atomic E-state index is 0.131. The van der Waals surface area contributed by atoms with Crippen molar-refractivity contribution in [2.75, 3.05) is 6.16 Å². The molecule has 0 radical (unpaired) electrons. The van der Waals surface area contributed by atoms with Gasteiger partial charge in [0.2, 0.25) is 0 Å². The van der Waals surface area contributed by atoms with Crippen LogP contribution in [0.5, 0.6) is 0 Å².